The van der Waals surface area contributed by atoms with Gasteiger partial charge in [0.25, 0.3) is 0 Å². The van der Waals surface area contributed by atoms with Crippen molar-refractivity contribution in [2.24, 2.45) is 0 Å². The lowest BCUT2D eigenvalue weighted by Gasteiger charge is -2.32. The molecule has 3 heterocycles. The Balaban J connectivity index is 1.24. The molecule has 1 fully saturated rings. The van der Waals surface area contributed by atoms with Crippen molar-refractivity contribution in [3.63, 3.8) is 0 Å². The number of rotatable bonds is 6. The van der Waals surface area contributed by atoms with Gasteiger partial charge < -0.3 is 9.72 Å². The van der Waals surface area contributed by atoms with Crippen molar-refractivity contribution in [3.8, 4) is 0 Å². The SMILES string of the molecule is Cc1nc2ccccn2c1CCC(=O)NC1CCN(Cc2ccccc2)CC1. The number of fused-ring (bicyclic) bond motifs is 1. The Labute approximate surface area is 166 Å². The molecule has 1 N–H and O–H groups in total. The topological polar surface area (TPSA) is 49.6 Å². The number of amides is 1. The number of piperidine rings is 1. The zero-order valence-electron chi connectivity index (χ0n) is 16.5. The average Bonchev–Trinajstić information content (AvgIpc) is 3.04. The van der Waals surface area contributed by atoms with Crippen molar-refractivity contribution < 1.29 is 4.79 Å². The van der Waals surface area contributed by atoms with E-state index in [1.807, 2.05) is 31.3 Å². The summed E-state index contributed by atoms with van der Waals surface area (Å²) in [6.07, 6.45) is 5.29. The molecule has 146 valence electrons. The molecule has 0 bridgehead atoms. The lowest BCUT2D eigenvalue weighted by Crippen LogP contribution is -2.44. The number of carbonyl (C=O) groups excluding carboxylic acids is 1. The number of hydrogen-bond donors (Lipinski definition) is 1. The van der Waals surface area contributed by atoms with Gasteiger partial charge in [-0.05, 0) is 43.9 Å². The van der Waals surface area contributed by atoms with E-state index in [0.29, 0.717) is 12.5 Å². The highest BCUT2D eigenvalue weighted by Gasteiger charge is 2.21. The molecule has 1 aromatic carbocycles. The van der Waals surface area contributed by atoms with Gasteiger partial charge >= 0.3 is 0 Å². The summed E-state index contributed by atoms with van der Waals surface area (Å²) in [4.78, 5) is 19.5. The third-order valence-electron chi connectivity index (χ3n) is 5.62. The van der Waals surface area contributed by atoms with E-state index in [-0.39, 0.29) is 5.91 Å². The van der Waals surface area contributed by atoms with Gasteiger partial charge in [-0.3, -0.25) is 9.69 Å². The molecule has 1 amide bonds. The number of imidazole rings is 1. The van der Waals surface area contributed by atoms with Gasteiger partial charge in [0.1, 0.15) is 5.65 Å². The number of benzene rings is 1. The Hall–Kier alpha value is -2.66. The van der Waals surface area contributed by atoms with Crippen LogP contribution in [-0.2, 0) is 17.8 Å². The van der Waals surface area contributed by atoms with E-state index < -0.39 is 0 Å². The second kappa shape index (κ2) is 8.57. The Bertz CT molecular complexity index is 926. The second-order valence-electron chi connectivity index (χ2n) is 7.68. The Morgan fingerprint density at radius 3 is 2.64 bits per heavy atom. The lowest BCUT2D eigenvalue weighted by molar-refractivity contribution is -0.122. The molecule has 28 heavy (non-hydrogen) atoms. The minimum atomic E-state index is 0.145. The average molecular weight is 377 g/mol. The highest BCUT2D eigenvalue weighted by Crippen LogP contribution is 2.16. The summed E-state index contributed by atoms with van der Waals surface area (Å²) in [5.74, 6) is 0.145. The zero-order valence-corrected chi connectivity index (χ0v) is 16.5. The predicted molar refractivity (Wildman–Crippen MR) is 111 cm³/mol. The molecular weight excluding hydrogens is 348 g/mol. The van der Waals surface area contributed by atoms with Gasteiger partial charge in [0.15, 0.2) is 0 Å². The number of pyridine rings is 1. The molecule has 3 aromatic rings. The summed E-state index contributed by atoms with van der Waals surface area (Å²) >= 11 is 0. The van der Waals surface area contributed by atoms with Crippen molar-refractivity contribution >= 4 is 11.6 Å². The Kier molecular flexibility index (Phi) is 5.72. The van der Waals surface area contributed by atoms with Crippen molar-refractivity contribution in [2.75, 3.05) is 13.1 Å². The summed E-state index contributed by atoms with van der Waals surface area (Å²) < 4.78 is 2.09. The molecule has 1 saturated heterocycles. The molecule has 0 atom stereocenters. The van der Waals surface area contributed by atoms with Crippen LogP contribution in [0.15, 0.2) is 54.7 Å². The first-order chi connectivity index (χ1) is 13.7. The normalized spacial score (nSPS) is 15.8. The number of likely N-dealkylation sites (tertiary alicyclic amines) is 1. The molecule has 5 nitrogen and oxygen atoms in total. The number of nitrogens with zero attached hydrogens (tertiary/aromatic N) is 3. The minimum absolute atomic E-state index is 0.145. The van der Waals surface area contributed by atoms with E-state index >= 15 is 0 Å². The molecule has 0 saturated carbocycles. The number of carbonyl (C=O) groups is 1. The largest absolute Gasteiger partial charge is 0.353 e. The summed E-state index contributed by atoms with van der Waals surface area (Å²) in [5.41, 5.74) is 4.44. The van der Waals surface area contributed by atoms with Gasteiger partial charge in [0.05, 0.1) is 5.69 Å². The van der Waals surface area contributed by atoms with Gasteiger partial charge in [0, 0.05) is 44.0 Å². The predicted octanol–water partition coefficient (Wildman–Crippen LogP) is 3.36. The number of aromatic nitrogens is 2. The molecule has 4 rings (SSSR count). The highest BCUT2D eigenvalue weighted by atomic mass is 16.1. The zero-order chi connectivity index (χ0) is 19.3. The molecule has 0 aliphatic carbocycles. The van der Waals surface area contributed by atoms with E-state index in [1.165, 1.54) is 5.56 Å². The fourth-order valence-electron chi connectivity index (χ4n) is 4.07. The van der Waals surface area contributed by atoms with Gasteiger partial charge in [-0.1, -0.05) is 36.4 Å². The summed E-state index contributed by atoms with van der Waals surface area (Å²) in [7, 11) is 0. The molecule has 0 spiro atoms. The van der Waals surface area contributed by atoms with Crippen molar-refractivity contribution in [1.82, 2.24) is 19.6 Å². The molecule has 2 aromatic heterocycles. The quantitative estimate of drug-likeness (QED) is 0.718. The third kappa shape index (κ3) is 4.42. The van der Waals surface area contributed by atoms with E-state index in [9.17, 15) is 4.79 Å². The monoisotopic (exact) mass is 376 g/mol. The number of nitrogens with one attached hydrogen (secondary N) is 1. The van der Waals surface area contributed by atoms with Gasteiger partial charge in [-0.25, -0.2) is 4.98 Å². The number of aryl methyl sites for hydroxylation is 2. The molecule has 1 aliphatic heterocycles. The molecular formula is C23H28N4O. The van der Waals surface area contributed by atoms with Crippen LogP contribution in [0.4, 0.5) is 0 Å². The van der Waals surface area contributed by atoms with Crippen LogP contribution in [0.5, 0.6) is 0 Å². The van der Waals surface area contributed by atoms with Crippen LogP contribution in [0.1, 0.15) is 36.2 Å². The summed E-state index contributed by atoms with van der Waals surface area (Å²) in [5, 5.41) is 3.24. The minimum Gasteiger partial charge on any atom is -0.353 e. The van der Waals surface area contributed by atoms with Crippen molar-refractivity contribution in [3.05, 3.63) is 71.7 Å². The third-order valence-corrected chi connectivity index (χ3v) is 5.62. The Morgan fingerprint density at radius 2 is 1.86 bits per heavy atom. The highest BCUT2D eigenvalue weighted by molar-refractivity contribution is 5.76. The first-order valence-electron chi connectivity index (χ1n) is 10.2. The van der Waals surface area contributed by atoms with Crippen molar-refractivity contribution in [2.45, 2.75) is 45.2 Å². The van der Waals surface area contributed by atoms with Crippen LogP contribution in [-0.4, -0.2) is 39.3 Å². The lowest BCUT2D eigenvalue weighted by atomic mass is 10.0. The fourth-order valence-corrected chi connectivity index (χ4v) is 4.07. The first kappa shape index (κ1) is 18.7. The van der Waals surface area contributed by atoms with Gasteiger partial charge in [-0.15, -0.1) is 0 Å². The Morgan fingerprint density at radius 1 is 1.11 bits per heavy atom. The second-order valence-corrected chi connectivity index (χ2v) is 7.68. The van der Waals surface area contributed by atoms with E-state index in [2.05, 4.69) is 49.9 Å². The molecule has 0 unspecified atom stereocenters. The maximum absolute atomic E-state index is 12.5. The van der Waals surface area contributed by atoms with Crippen LogP contribution in [0, 0.1) is 6.92 Å². The van der Waals surface area contributed by atoms with Crippen LogP contribution in [0.2, 0.25) is 0 Å². The first-order valence-corrected chi connectivity index (χ1v) is 10.2. The van der Waals surface area contributed by atoms with Crippen LogP contribution < -0.4 is 5.32 Å². The smallest absolute Gasteiger partial charge is 0.220 e. The van der Waals surface area contributed by atoms with Crippen LogP contribution in [0.3, 0.4) is 0 Å². The molecule has 0 radical (unpaired) electrons. The number of hydrogen-bond acceptors (Lipinski definition) is 3. The van der Waals surface area contributed by atoms with Gasteiger partial charge in [-0.2, -0.15) is 0 Å². The fraction of sp³-hybridized carbons (Fsp3) is 0.391. The molecule has 5 heteroatoms. The molecule has 1 aliphatic rings. The summed E-state index contributed by atoms with van der Waals surface area (Å²) in [6.45, 7) is 5.08. The summed E-state index contributed by atoms with van der Waals surface area (Å²) in [6, 6.07) is 16.9. The van der Waals surface area contributed by atoms with E-state index in [0.717, 1.165) is 55.9 Å². The van der Waals surface area contributed by atoms with E-state index in [1.54, 1.807) is 0 Å². The maximum atomic E-state index is 12.5. The van der Waals surface area contributed by atoms with Gasteiger partial charge in [0.2, 0.25) is 5.91 Å². The van der Waals surface area contributed by atoms with Crippen LogP contribution in [0.25, 0.3) is 5.65 Å². The standard InChI is InChI=1S/C23H28N4O/c1-18-21(27-14-6-5-9-22(27)24-18)10-11-23(28)25-20-12-15-26(16-13-20)17-19-7-3-2-4-8-19/h2-9,14,20H,10-13,15-17H2,1H3,(H,25,28). The van der Waals surface area contributed by atoms with Crippen LogP contribution >= 0.6 is 0 Å². The maximum Gasteiger partial charge on any atom is 0.220 e. The van der Waals surface area contributed by atoms with Crippen molar-refractivity contribution in [1.29, 1.82) is 0 Å². The van der Waals surface area contributed by atoms with E-state index in [4.69, 9.17) is 0 Å².